The van der Waals surface area contributed by atoms with Crippen LogP contribution in [0.3, 0.4) is 0 Å². The van der Waals surface area contributed by atoms with Gasteiger partial charge in [0.05, 0.1) is 39.0 Å². The van der Waals surface area contributed by atoms with Gasteiger partial charge >= 0.3 is 6.09 Å². The van der Waals surface area contributed by atoms with Crippen molar-refractivity contribution in [3.05, 3.63) is 147 Å². The van der Waals surface area contributed by atoms with Crippen LogP contribution in [-0.2, 0) is 19.4 Å². The van der Waals surface area contributed by atoms with Crippen molar-refractivity contribution in [1.29, 1.82) is 0 Å². The van der Waals surface area contributed by atoms with E-state index in [0.29, 0.717) is 73.3 Å². The van der Waals surface area contributed by atoms with Crippen molar-refractivity contribution in [1.82, 2.24) is 4.90 Å². The van der Waals surface area contributed by atoms with E-state index in [4.69, 9.17) is 25.8 Å². The van der Waals surface area contributed by atoms with Crippen LogP contribution < -0.4 is 14.2 Å². The average molecular weight is 834 g/mol. The largest absolute Gasteiger partial charge is 0.497 e. The molecular formula is C50H53ClFNO7. The normalized spacial score (nSPS) is 21.8. The third-order valence-corrected chi connectivity index (χ3v) is 13.2. The lowest BCUT2D eigenvalue weighted by Crippen LogP contribution is -2.54. The number of nitrogens with zero attached hydrogens (tertiary/aromatic N) is 1. The second-order valence-corrected chi connectivity index (χ2v) is 17.1. The molecule has 5 aromatic rings. The Balaban J connectivity index is 1.29. The average Bonchev–Trinajstić information content (AvgIpc) is 3.49. The van der Waals surface area contributed by atoms with Crippen LogP contribution >= 0.6 is 11.6 Å². The van der Waals surface area contributed by atoms with Crippen LogP contribution in [0.25, 0.3) is 10.8 Å². The van der Waals surface area contributed by atoms with Crippen LogP contribution in [0.15, 0.2) is 109 Å². The zero-order valence-electron chi connectivity index (χ0n) is 34.7. The quantitative estimate of drug-likeness (QED) is 0.107. The van der Waals surface area contributed by atoms with Crippen LogP contribution in [0, 0.1) is 11.2 Å². The van der Waals surface area contributed by atoms with Crippen molar-refractivity contribution in [2.24, 2.45) is 5.41 Å². The van der Waals surface area contributed by atoms with Crippen molar-refractivity contribution >= 4 is 34.2 Å². The number of fused-ring (bicyclic) bond motifs is 9. The highest BCUT2D eigenvalue weighted by Gasteiger charge is 2.58. The molecule has 0 radical (unpaired) electrons. The number of aliphatic hydroxyl groups is 2. The highest BCUT2D eigenvalue weighted by Crippen LogP contribution is 2.59. The Morgan fingerprint density at radius 2 is 1.68 bits per heavy atom. The van der Waals surface area contributed by atoms with Gasteiger partial charge in [-0.2, -0.15) is 0 Å². The second-order valence-electron chi connectivity index (χ2n) is 16.7. The number of amides is 1. The molecule has 3 aliphatic carbocycles. The van der Waals surface area contributed by atoms with Gasteiger partial charge in [-0.3, -0.25) is 4.79 Å². The summed E-state index contributed by atoms with van der Waals surface area (Å²) in [5.74, 6) is 0.287. The van der Waals surface area contributed by atoms with Gasteiger partial charge in [0.25, 0.3) is 0 Å². The Morgan fingerprint density at radius 1 is 0.900 bits per heavy atom. The molecular weight excluding hydrogens is 781 g/mol. The van der Waals surface area contributed by atoms with Gasteiger partial charge in [0.2, 0.25) is 0 Å². The lowest BCUT2D eigenvalue weighted by molar-refractivity contribution is -0.0802. The molecule has 8 rings (SSSR count). The number of carbonyl (C=O) groups is 2. The lowest BCUT2D eigenvalue weighted by atomic mass is 9.64. The maximum atomic E-state index is 15.1. The fraction of sp³-hybridized carbons (Fsp3) is 0.360. The standard InChI is InChI=1S/C50H53ClFNO7/c1-32-9-8-23-49(2)43(40-21-15-33(25-37(54)18-14-32)26-41(40)46(55)29-42-44(51)12-7-13-45(42)52)22-24-50(49,57)31-53(30-36-17-19-38(58-3)28-47(36)59-4)48(56)60-39-20-16-34-10-5-6-11-35(34)27-39/h5-7,9-13,15-17,19-21,26-28,37,43,54,57H,8,14,18,22-25,29-31H2,1-4H3/t37-,43-,49-,50+/m0/s1. The third-order valence-electron chi connectivity index (χ3n) is 12.9. The molecule has 0 aliphatic heterocycles. The first-order chi connectivity index (χ1) is 28.8. The van der Waals surface area contributed by atoms with Gasteiger partial charge in [-0.05, 0) is 122 Å². The highest BCUT2D eigenvalue weighted by molar-refractivity contribution is 6.31. The molecule has 2 bridgehead atoms. The fourth-order valence-electron chi connectivity index (χ4n) is 9.28. The van der Waals surface area contributed by atoms with Crippen molar-refractivity contribution in [3.8, 4) is 17.2 Å². The number of methoxy groups -OCH3 is 2. The van der Waals surface area contributed by atoms with Crippen LogP contribution in [0.2, 0.25) is 5.02 Å². The summed E-state index contributed by atoms with van der Waals surface area (Å²) in [6, 6.07) is 28.8. The first-order valence-electron chi connectivity index (χ1n) is 20.6. The molecule has 0 saturated heterocycles. The number of rotatable bonds is 10. The van der Waals surface area contributed by atoms with Gasteiger partial charge in [-0.25, -0.2) is 9.18 Å². The van der Waals surface area contributed by atoms with Crippen molar-refractivity contribution in [2.75, 3.05) is 20.8 Å². The molecule has 0 unspecified atom stereocenters. The summed E-state index contributed by atoms with van der Waals surface area (Å²) in [5, 5.41) is 26.4. The molecule has 4 atom stereocenters. The number of aliphatic hydroxyl groups excluding tert-OH is 1. The summed E-state index contributed by atoms with van der Waals surface area (Å²) >= 11 is 6.43. The van der Waals surface area contributed by atoms with Gasteiger partial charge in [0.15, 0.2) is 5.78 Å². The van der Waals surface area contributed by atoms with Crippen molar-refractivity contribution < 1.29 is 38.4 Å². The zero-order valence-corrected chi connectivity index (χ0v) is 35.4. The highest BCUT2D eigenvalue weighted by atomic mass is 35.5. The third kappa shape index (κ3) is 9.09. The lowest BCUT2D eigenvalue weighted by Gasteiger charge is -2.46. The Morgan fingerprint density at radius 3 is 2.45 bits per heavy atom. The van der Waals surface area contributed by atoms with Gasteiger partial charge in [0.1, 0.15) is 23.1 Å². The molecule has 0 heterocycles. The molecule has 8 nitrogen and oxygen atoms in total. The number of ether oxygens (including phenoxy) is 3. The minimum Gasteiger partial charge on any atom is -0.497 e. The predicted molar refractivity (Wildman–Crippen MR) is 233 cm³/mol. The van der Waals surface area contributed by atoms with Gasteiger partial charge < -0.3 is 29.3 Å². The van der Waals surface area contributed by atoms with Crippen LogP contribution in [0.4, 0.5) is 9.18 Å². The molecule has 1 amide bonds. The summed E-state index contributed by atoms with van der Waals surface area (Å²) in [7, 11) is 3.13. The molecule has 5 aromatic carbocycles. The van der Waals surface area contributed by atoms with E-state index >= 15 is 4.39 Å². The summed E-state index contributed by atoms with van der Waals surface area (Å²) in [6.45, 7) is 4.10. The van der Waals surface area contributed by atoms with E-state index in [1.807, 2.05) is 60.7 Å². The molecule has 2 N–H and O–H groups in total. The summed E-state index contributed by atoms with van der Waals surface area (Å²) in [4.78, 5) is 30.5. The maximum absolute atomic E-state index is 15.1. The van der Waals surface area contributed by atoms with E-state index in [-0.39, 0.29) is 41.8 Å². The predicted octanol–water partition coefficient (Wildman–Crippen LogP) is 10.8. The Kier molecular flexibility index (Phi) is 13.0. The number of carbonyl (C=O) groups excluding carboxylic acids is 2. The smallest absolute Gasteiger partial charge is 0.415 e. The van der Waals surface area contributed by atoms with E-state index in [1.165, 1.54) is 17.0 Å². The molecule has 10 heteroatoms. The van der Waals surface area contributed by atoms with Crippen molar-refractivity contribution in [3.63, 3.8) is 0 Å². The Labute approximate surface area is 356 Å². The second kappa shape index (κ2) is 18.2. The minimum atomic E-state index is -1.46. The number of benzene rings is 5. The number of ketones is 1. The number of halogens is 2. The van der Waals surface area contributed by atoms with E-state index in [0.717, 1.165) is 27.5 Å². The molecule has 60 heavy (non-hydrogen) atoms. The number of hydrogen-bond donors (Lipinski definition) is 2. The summed E-state index contributed by atoms with van der Waals surface area (Å²) in [6.07, 6.45) is 4.24. The van der Waals surface area contributed by atoms with Gasteiger partial charge in [-0.15, -0.1) is 0 Å². The van der Waals surface area contributed by atoms with E-state index in [2.05, 4.69) is 19.9 Å². The number of hydrogen-bond acceptors (Lipinski definition) is 7. The van der Waals surface area contributed by atoms with Crippen LogP contribution in [-0.4, -0.2) is 59.5 Å². The SMILES string of the molecule is COc1ccc(CN(C[C@]2(O)CC[C@H]3c4ccc(cc4C(=O)Cc4c(F)cccc4Cl)C[C@@H](O)CCC(C)=CCC[C@@]32C)C(=O)Oc2ccc3ccccc3c2)c(OC)c1. The molecule has 0 spiro atoms. The maximum Gasteiger partial charge on any atom is 0.415 e. The van der Waals surface area contributed by atoms with Crippen LogP contribution in [0.1, 0.15) is 90.9 Å². The minimum absolute atomic E-state index is 0.0613. The molecule has 3 aliphatic rings. The van der Waals surface area contributed by atoms with Crippen LogP contribution in [0.5, 0.6) is 17.2 Å². The Hall–Kier alpha value is -5.22. The number of allylic oxidation sites excluding steroid dienone is 2. The zero-order chi connectivity index (χ0) is 42.6. The van der Waals surface area contributed by atoms with E-state index in [9.17, 15) is 19.8 Å². The monoisotopic (exact) mass is 833 g/mol. The van der Waals surface area contributed by atoms with E-state index in [1.54, 1.807) is 38.5 Å². The molecule has 1 saturated carbocycles. The summed E-state index contributed by atoms with van der Waals surface area (Å²) in [5.41, 5.74) is 1.58. The van der Waals surface area contributed by atoms with E-state index < -0.39 is 29.0 Å². The van der Waals surface area contributed by atoms with Crippen molar-refractivity contribution in [2.45, 2.75) is 89.4 Å². The first-order valence-corrected chi connectivity index (χ1v) is 21.0. The molecule has 0 aromatic heterocycles. The number of Topliss-reactive ketones (excluding diaryl/α,β-unsaturated/α-hetero) is 1. The van der Waals surface area contributed by atoms with Gasteiger partial charge in [-0.1, -0.05) is 78.7 Å². The topological polar surface area (TPSA) is 106 Å². The first kappa shape index (κ1) is 42.9. The molecule has 1 fully saturated rings. The fourth-order valence-corrected chi connectivity index (χ4v) is 9.51. The summed E-state index contributed by atoms with van der Waals surface area (Å²) < 4.78 is 32.4. The molecule has 314 valence electrons. The Bertz CT molecular complexity index is 2400. The van der Waals surface area contributed by atoms with Gasteiger partial charge in [0, 0.05) is 39.6 Å².